The first kappa shape index (κ1) is 16.4. The summed E-state index contributed by atoms with van der Waals surface area (Å²) in [4.78, 5) is 18.4. The molecule has 0 saturated carbocycles. The first-order valence-electron chi connectivity index (χ1n) is 9.37. The van der Waals surface area contributed by atoms with Gasteiger partial charge in [0.25, 0.3) is 5.91 Å². The van der Waals surface area contributed by atoms with Gasteiger partial charge in [0.05, 0.1) is 30.4 Å². The van der Waals surface area contributed by atoms with Crippen molar-refractivity contribution in [1.82, 2.24) is 9.88 Å². The van der Waals surface area contributed by atoms with Gasteiger partial charge in [0, 0.05) is 24.7 Å². The van der Waals surface area contributed by atoms with Crippen LogP contribution in [0.3, 0.4) is 0 Å². The van der Waals surface area contributed by atoms with Crippen LogP contribution >= 0.6 is 0 Å². The lowest BCUT2D eigenvalue weighted by Crippen LogP contribution is -2.45. The van der Waals surface area contributed by atoms with Crippen molar-refractivity contribution in [2.75, 3.05) is 20.2 Å². The van der Waals surface area contributed by atoms with E-state index >= 15 is 0 Å². The number of carbonyl (C=O) groups excluding carboxylic acids is 1. The van der Waals surface area contributed by atoms with Gasteiger partial charge in [-0.05, 0) is 42.2 Å². The van der Waals surface area contributed by atoms with Gasteiger partial charge in [-0.2, -0.15) is 0 Å². The third-order valence-corrected chi connectivity index (χ3v) is 5.97. The molecule has 0 bridgehead atoms. The summed E-state index contributed by atoms with van der Waals surface area (Å²) in [6.45, 7) is 2.04. The number of carbonyl (C=O) groups is 1. The van der Waals surface area contributed by atoms with E-state index in [4.69, 9.17) is 9.47 Å². The number of H-pyrrole nitrogens is 1. The van der Waals surface area contributed by atoms with Crippen molar-refractivity contribution in [1.29, 1.82) is 0 Å². The molecule has 1 amide bonds. The molecule has 1 N–H and O–H groups in total. The van der Waals surface area contributed by atoms with Gasteiger partial charge in [0.15, 0.2) is 0 Å². The summed E-state index contributed by atoms with van der Waals surface area (Å²) in [5.41, 5.74) is 3.87. The number of hydrogen-bond acceptors (Lipinski definition) is 3. The van der Waals surface area contributed by atoms with Crippen LogP contribution in [0.25, 0.3) is 10.9 Å². The quantitative estimate of drug-likeness (QED) is 0.754. The summed E-state index contributed by atoms with van der Waals surface area (Å²) < 4.78 is 11.6. The minimum atomic E-state index is -0.233. The molecule has 5 rings (SSSR count). The maximum atomic E-state index is 13.2. The number of methoxy groups -OCH3 is 1. The molecule has 2 aliphatic rings. The van der Waals surface area contributed by atoms with Gasteiger partial charge < -0.3 is 19.4 Å². The van der Waals surface area contributed by atoms with E-state index in [1.807, 2.05) is 29.3 Å². The molecule has 2 aliphatic heterocycles. The van der Waals surface area contributed by atoms with E-state index in [0.29, 0.717) is 31.0 Å². The lowest BCUT2D eigenvalue weighted by atomic mass is 9.83. The van der Waals surface area contributed by atoms with E-state index in [0.717, 1.165) is 23.7 Å². The fourth-order valence-electron chi connectivity index (χ4n) is 4.47. The Hall–Kier alpha value is -2.79. The Morgan fingerprint density at radius 3 is 2.81 bits per heavy atom. The van der Waals surface area contributed by atoms with Gasteiger partial charge in [-0.25, -0.2) is 0 Å². The Balaban J connectivity index is 1.41. The topological polar surface area (TPSA) is 54.6 Å². The van der Waals surface area contributed by atoms with Gasteiger partial charge in [-0.15, -0.1) is 0 Å². The van der Waals surface area contributed by atoms with Crippen LogP contribution in [0, 0.1) is 0 Å². The number of fused-ring (bicyclic) bond motifs is 3. The zero-order valence-corrected chi connectivity index (χ0v) is 15.3. The molecular formula is C22H22N2O3. The predicted octanol–water partition coefficient (Wildman–Crippen LogP) is 3.84. The smallest absolute Gasteiger partial charge is 0.256 e. The second kappa shape index (κ2) is 6.13. The van der Waals surface area contributed by atoms with Crippen molar-refractivity contribution in [3.8, 4) is 5.75 Å². The van der Waals surface area contributed by atoms with Crippen molar-refractivity contribution in [3.63, 3.8) is 0 Å². The Morgan fingerprint density at radius 1 is 1.19 bits per heavy atom. The normalized spacial score (nSPS) is 18.0. The molecule has 3 aromatic rings. The summed E-state index contributed by atoms with van der Waals surface area (Å²) >= 11 is 0. The van der Waals surface area contributed by atoms with E-state index in [9.17, 15) is 4.79 Å². The van der Waals surface area contributed by atoms with Crippen LogP contribution in [-0.4, -0.2) is 36.0 Å². The number of likely N-dealkylation sites (tertiary alicyclic amines) is 1. The van der Waals surface area contributed by atoms with Crippen molar-refractivity contribution in [3.05, 3.63) is 65.4 Å². The number of hydrogen-bond donors (Lipinski definition) is 1. The van der Waals surface area contributed by atoms with E-state index in [1.165, 1.54) is 11.1 Å². The second-order valence-electron chi connectivity index (χ2n) is 7.35. The standard InChI is InChI=1S/C22H22N2O3/c1-26-17-12-15-6-9-23-20(15)18(13-17)21(25)24-10-7-22(8-11-24)19-5-3-2-4-16(19)14-27-22/h2-6,9,12-13,23H,7-8,10-11,14H2,1H3. The monoisotopic (exact) mass is 362 g/mol. The first-order valence-corrected chi connectivity index (χ1v) is 9.37. The van der Waals surface area contributed by atoms with Crippen molar-refractivity contribution in [2.45, 2.75) is 25.0 Å². The molecule has 27 heavy (non-hydrogen) atoms. The second-order valence-corrected chi connectivity index (χ2v) is 7.35. The van der Waals surface area contributed by atoms with E-state index in [2.05, 4.69) is 29.2 Å². The number of rotatable bonds is 2. The summed E-state index contributed by atoms with van der Waals surface area (Å²) in [6, 6.07) is 14.2. The third kappa shape index (κ3) is 2.53. The number of nitrogens with zero attached hydrogens (tertiary/aromatic N) is 1. The molecule has 0 atom stereocenters. The van der Waals surface area contributed by atoms with Gasteiger partial charge in [-0.1, -0.05) is 24.3 Å². The SMILES string of the molecule is COc1cc(C(=O)N2CCC3(CC2)OCc2ccccc23)c2[nH]ccc2c1. The molecule has 0 unspecified atom stereocenters. The molecule has 2 aromatic carbocycles. The summed E-state index contributed by atoms with van der Waals surface area (Å²) in [5, 5.41) is 0.985. The molecular weight excluding hydrogens is 340 g/mol. The Kier molecular flexibility index (Phi) is 3.72. The summed E-state index contributed by atoms with van der Waals surface area (Å²) in [5.74, 6) is 0.745. The molecule has 3 heterocycles. The minimum Gasteiger partial charge on any atom is -0.497 e. The Bertz CT molecular complexity index is 1020. The number of amides is 1. The molecule has 138 valence electrons. The fourth-order valence-corrected chi connectivity index (χ4v) is 4.47. The molecule has 0 radical (unpaired) electrons. The summed E-state index contributed by atoms with van der Waals surface area (Å²) in [7, 11) is 1.63. The average molecular weight is 362 g/mol. The van der Waals surface area contributed by atoms with Gasteiger partial charge in [0.2, 0.25) is 0 Å². The van der Waals surface area contributed by atoms with Crippen LogP contribution in [0.1, 0.15) is 34.3 Å². The van der Waals surface area contributed by atoms with Crippen LogP contribution in [-0.2, 0) is 16.9 Å². The minimum absolute atomic E-state index is 0.0440. The van der Waals surface area contributed by atoms with E-state index < -0.39 is 0 Å². The highest BCUT2D eigenvalue weighted by Crippen LogP contribution is 2.44. The number of aromatic amines is 1. The van der Waals surface area contributed by atoms with Crippen LogP contribution in [0.4, 0.5) is 0 Å². The number of aromatic nitrogens is 1. The third-order valence-electron chi connectivity index (χ3n) is 5.97. The fraction of sp³-hybridized carbons (Fsp3) is 0.318. The van der Waals surface area contributed by atoms with Crippen LogP contribution in [0.2, 0.25) is 0 Å². The summed E-state index contributed by atoms with van der Waals surface area (Å²) in [6.07, 6.45) is 3.51. The predicted molar refractivity (Wildman–Crippen MR) is 103 cm³/mol. The highest BCUT2D eigenvalue weighted by Gasteiger charge is 2.43. The molecule has 1 aromatic heterocycles. The van der Waals surface area contributed by atoms with Crippen LogP contribution in [0.15, 0.2) is 48.7 Å². The maximum Gasteiger partial charge on any atom is 0.256 e. The highest BCUT2D eigenvalue weighted by atomic mass is 16.5. The molecule has 1 spiro atoms. The first-order chi connectivity index (χ1) is 13.2. The lowest BCUT2D eigenvalue weighted by molar-refractivity contribution is -0.0741. The number of nitrogens with one attached hydrogen (secondary N) is 1. The Morgan fingerprint density at radius 2 is 2.00 bits per heavy atom. The number of ether oxygens (including phenoxy) is 2. The van der Waals surface area contributed by atoms with Crippen LogP contribution < -0.4 is 4.74 Å². The van der Waals surface area contributed by atoms with Gasteiger partial charge >= 0.3 is 0 Å². The average Bonchev–Trinajstić information content (AvgIpc) is 3.33. The molecule has 1 fully saturated rings. The zero-order chi connectivity index (χ0) is 18.4. The molecule has 1 saturated heterocycles. The van der Waals surface area contributed by atoms with Crippen molar-refractivity contribution in [2.24, 2.45) is 0 Å². The van der Waals surface area contributed by atoms with Gasteiger partial charge in [-0.3, -0.25) is 4.79 Å². The van der Waals surface area contributed by atoms with Crippen molar-refractivity contribution < 1.29 is 14.3 Å². The van der Waals surface area contributed by atoms with E-state index in [-0.39, 0.29) is 11.5 Å². The Labute approximate surface area is 157 Å². The number of benzene rings is 2. The lowest BCUT2D eigenvalue weighted by Gasteiger charge is -2.39. The highest BCUT2D eigenvalue weighted by molar-refractivity contribution is 6.06. The van der Waals surface area contributed by atoms with Crippen molar-refractivity contribution >= 4 is 16.8 Å². The van der Waals surface area contributed by atoms with Gasteiger partial charge in [0.1, 0.15) is 5.75 Å². The molecule has 0 aliphatic carbocycles. The largest absolute Gasteiger partial charge is 0.497 e. The zero-order valence-electron chi connectivity index (χ0n) is 15.3. The van der Waals surface area contributed by atoms with Crippen LogP contribution in [0.5, 0.6) is 5.75 Å². The number of piperidine rings is 1. The van der Waals surface area contributed by atoms with E-state index in [1.54, 1.807) is 7.11 Å². The molecule has 5 heteroatoms. The maximum absolute atomic E-state index is 13.2. The molecule has 5 nitrogen and oxygen atoms in total.